The maximum Gasteiger partial charge on any atom is 0.269 e. The number of rotatable bonds is 6. The third kappa shape index (κ3) is 4.53. The summed E-state index contributed by atoms with van der Waals surface area (Å²) in [6, 6.07) is 20.0. The Morgan fingerprint density at radius 1 is 1.00 bits per heavy atom. The van der Waals surface area contributed by atoms with E-state index >= 15 is 0 Å². The van der Waals surface area contributed by atoms with Crippen molar-refractivity contribution < 1.29 is 19.2 Å². The van der Waals surface area contributed by atoms with Crippen LogP contribution in [0.1, 0.15) is 15.9 Å². The van der Waals surface area contributed by atoms with Crippen molar-refractivity contribution >= 4 is 28.9 Å². The van der Waals surface area contributed by atoms with Gasteiger partial charge in [-0.25, -0.2) is 0 Å². The molecule has 0 saturated heterocycles. The van der Waals surface area contributed by atoms with Crippen molar-refractivity contribution in [1.29, 1.82) is 0 Å². The second-order valence-corrected chi connectivity index (χ2v) is 7.00. The number of carbonyl (C=O) groups excluding carboxylic acids is 2. The second-order valence-electron chi connectivity index (χ2n) is 7.00. The van der Waals surface area contributed by atoms with E-state index in [1.54, 1.807) is 29.2 Å². The number of hydrogen-bond acceptors (Lipinski definition) is 5. The third-order valence-electron chi connectivity index (χ3n) is 4.97. The Morgan fingerprint density at radius 3 is 2.42 bits per heavy atom. The van der Waals surface area contributed by atoms with Crippen LogP contribution < -0.4 is 15.0 Å². The fourth-order valence-corrected chi connectivity index (χ4v) is 3.41. The summed E-state index contributed by atoms with van der Waals surface area (Å²) in [6.45, 7) is 0.402. The van der Waals surface area contributed by atoms with Crippen LogP contribution in [0.4, 0.5) is 17.1 Å². The second kappa shape index (κ2) is 8.66. The Bertz CT molecular complexity index is 1130. The van der Waals surface area contributed by atoms with Crippen LogP contribution in [0, 0.1) is 10.1 Å². The van der Waals surface area contributed by atoms with Gasteiger partial charge < -0.3 is 15.0 Å². The zero-order chi connectivity index (χ0) is 21.8. The number of nitrogens with zero attached hydrogens (tertiary/aromatic N) is 2. The summed E-state index contributed by atoms with van der Waals surface area (Å²) in [5.41, 5.74) is 3.12. The van der Waals surface area contributed by atoms with Gasteiger partial charge in [0.25, 0.3) is 17.5 Å². The lowest BCUT2D eigenvalue weighted by molar-refractivity contribution is -0.384. The molecule has 156 valence electrons. The van der Waals surface area contributed by atoms with Gasteiger partial charge >= 0.3 is 0 Å². The minimum absolute atomic E-state index is 0.0520. The number of amides is 2. The smallest absolute Gasteiger partial charge is 0.269 e. The summed E-state index contributed by atoms with van der Waals surface area (Å²) < 4.78 is 5.34. The summed E-state index contributed by atoms with van der Waals surface area (Å²) in [6.07, 6.45) is 0.838. The number of carbonyl (C=O) groups is 2. The van der Waals surface area contributed by atoms with E-state index in [9.17, 15) is 19.7 Å². The lowest BCUT2D eigenvalue weighted by atomic mass is 10.1. The molecule has 31 heavy (non-hydrogen) atoms. The third-order valence-corrected chi connectivity index (χ3v) is 4.97. The summed E-state index contributed by atoms with van der Waals surface area (Å²) in [5.74, 6) is -0.109. The lowest BCUT2D eigenvalue weighted by Gasteiger charge is -2.17. The normalized spacial score (nSPS) is 12.2. The first-order valence-electron chi connectivity index (χ1n) is 9.68. The highest BCUT2D eigenvalue weighted by molar-refractivity contribution is 6.07. The first-order chi connectivity index (χ1) is 15.0. The summed E-state index contributed by atoms with van der Waals surface area (Å²) >= 11 is 0. The summed E-state index contributed by atoms with van der Waals surface area (Å²) in [7, 11) is 0. The number of nitrogens with one attached hydrogen (secondary N) is 1. The van der Waals surface area contributed by atoms with E-state index in [2.05, 4.69) is 5.32 Å². The van der Waals surface area contributed by atoms with Gasteiger partial charge in [0, 0.05) is 35.6 Å². The van der Waals surface area contributed by atoms with Crippen LogP contribution in [0.25, 0.3) is 0 Å². The highest BCUT2D eigenvalue weighted by Gasteiger charge is 2.25. The summed E-state index contributed by atoms with van der Waals surface area (Å²) in [4.78, 5) is 36.9. The number of nitro benzene ring substituents is 1. The predicted octanol–water partition coefficient (Wildman–Crippen LogP) is 3.82. The van der Waals surface area contributed by atoms with Crippen LogP contribution in [-0.2, 0) is 11.2 Å². The molecule has 8 heteroatoms. The first-order valence-corrected chi connectivity index (χ1v) is 9.68. The number of hydrogen-bond donors (Lipinski definition) is 1. The fourth-order valence-electron chi connectivity index (χ4n) is 3.41. The van der Waals surface area contributed by atoms with E-state index in [0.717, 1.165) is 17.7 Å². The molecule has 0 aromatic heterocycles. The molecule has 0 radical (unpaired) electrons. The molecule has 0 unspecified atom stereocenters. The molecule has 3 aromatic carbocycles. The zero-order valence-corrected chi connectivity index (χ0v) is 16.5. The maximum absolute atomic E-state index is 12.8. The Hall–Kier alpha value is -4.20. The van der Waals surface area contributed by atoms with Crippen LogP contribution in [0.2, 0.25) is 0 Å². The van der Waals surface area contributed by atoms with Gasteiger partial charge in [0.1, 0.15) is 5.75 Å². The molecule has 0 fully saturated rings. The van der Waals surface area contributed by atoms with Crippen molar-refractivity contribution in [1.82, 2.24) is 0 Å². The van der Waals surface area contributed by atoms with Crippen LogP contribution in [0.3, 0.4) is 0 Å². The molecule has 8 nitrogen and oxygen atoms in total. The number of fused-ring (bicyclic) bond motifs is 1. The predicted molar refractivity (Wildman–Crippen MR) is 115 cm³/mol. The van der Waals surface area contributed by atoms with Gasteiger partial charge in [-0.1, -0.05) is 18.2 Å². The van der Waals surface area contributed by atoms with Gasteiger partial charge in [0.2, 0.25) is 0 Å². The molecule has 2 amide bonds. The van der Waals surface area contributed by atoms with Crippen LogP contribution >= 0.6 is 0 Å². The first kappa shape index (κ1) is 20.1. The van der Waals surface area contributed by atoms with Crippen molar-refractivity contribution in [2.24, 2.45) is 0 Å². The van der Waals surface area contributed by atoms with Crippen molar-refractivity contribution in [2.75, 3.05) is 23.4 Å². The Morgan fingerprint density at radius 2 is 1.71 bits per heavy atom. The average Bonchev–Trinajstić information content (AvgIpc) is 3.22. The minimum Gasteiger partial charge on any atom is -0.484 e. The standard InChI is InChI=1S/C23H19N3O5/c27-22(15-31-20-11-9-19(10-12-20)26(29)30)24-18-7-5-17(6-8-18)23(28)25-14-13-16-3-1-2-4-21(16)25/h1-12H,13-15H2,(H,24,27). The zero-order valence-electron chi connectivity index (χ0n) is 16.5. The average molecular weight is 417 g/mol. The molecular weight excluding hydrogens is 398 g/mol. The fraction of sp³-hybridized carbons (Fsp3) is 0.130. The van der Waals surface area contributed by atoms with E-state index in [1.807, 2.05) is 24.3 Å². The highest BCUT2D eigenvalue weighted by Crippen LogP contribution is 2.29. The molecule has 0 saturated carbocycles. The Kier molecular flexibility index (Phi) is 5.61. The molecule has 0 atom stereocenters. The van der Waals surface area contributed by atoms with E-state index in [0.29, 0.717) is 23.5 Å². The van der Waals surface area contributed by atoms with Crippen molar-refractivity contribution in [3.05, 3.63) is 94.0 Å². The van der Waals surface area contributed by atoms with Crippen molar-refractivity contribution in [3.63, 3.8) is 0 Å². The molecular formula is C23H19N3O5. The molecule has 0 bridgehead atoms. The number of anilines is 2. The van der Waals surface area contributed by atoms with Crippen molar-refractivity contribution in [2.45, 2.75) is 6.42 Å². The van der Waals surface area contributed by atoms with Crippen LogP contribution in [-0.4, -0.2) is 29.9 Å². The van der Waals surface area contributed by atoms with Gasteiger partial charge in [-0.3, -0.25) is 19.7 Å². The van der Waals surface area contributed by atoms with E-state index < -0.39 is 4.92 Å². The van der Waals surface area contributed by atoms with Gasteiger partial charge in [0.15, 0.2) is 6.61 Å². The Balaban J connectivity index is 1.32. The quantitative estimate of drug-likeness (QED) is 0.485. The largest absolute Gasteiger partial charge is 0.484 e. The molecule has 1 N–H and O–H groups in total. The van der Waals surface area contributed by atoms with Crippen LogP contribution in [0.5, 0.6) is 5.75 Å². The number of benzene rings is 3. The maximum atomic E-state index is 12.8. The van der Waals surface area contributed by atoms with E-state index in [-0.39, 0.29) is 24.1 Å². The number of ether oxygens (including phenoxy) is 1. The van der Waals surface area contributed by atoms with Gasteiger partial charge in [-0.2, -0.15) is 0 Å². The molecule has 3 aromatic rings. The molecule has 4 rings (SSSR count). The molecule has 1 heterocycles. The monoisotopic (exact) mass is 417 g/mol. The Labute approximate surface area is 178 Å². The van der Waals surface area contributed by atoms with Gasteiger partial charge in [-0.15, -0.1) is 0 Å². The number of nitro groups is 1. The topological polar surface area (TPSA) is 102 Å². The molecule has 1 aliphatic heterocycles. The van der Waals surface area contributed by atoms with Crippen molar-refractivity contribution in [3.8, 4) is 5.75 Å². The highest BCUT2D eigenvalue weighted by atomic mass is 16.6. The van der Waals surface area contributed by atoms with E-state index in [4.69, 9.17) is 4.74 Å². The SMILES string of the molecule is O=C(COc1ccc([N+](=O)[O-])cc1)Nc1ccc(C(=O)N2CCc3ccccc32)cc1. The molecule has 0 aliphatic carbocycles. The summed E-state index contributed by atoms with van der Waals surface area (Å²) in [5, 5.41) is 13.3. The lowest BCUT2D eigenvalue weighted by Crippen LogP contribution is -2.28. The van der Waals surface area contributed by atoms with E-state index in [1.165, 1.54) is 24.3 Å². The van der Waals surface area contributed by atoms with Gasteiger partial charge in [-0.05, 0) is 54.4 Å². The number of para-hydroxylation sites is 1. The molecule has 0 spiro atoms. The minimum atomic E-state index is -0.507. The van der Waals surface area contributed by atoms with Crippen LogP contribution in [0.15, 0.2) is 72.8 Å². The number of non-ortho nitro benzene ring substituents is 1. The van der Waals surface area contributed by atoms with Gasteiger partial charge in [0.05, 0.1) is 4.92 Å². The molecule has 1 aliphatic rings.